The summed E-state index contributed by atoms with van der Waals surface area (Å²) in [7, 11) is 1.85. The number of halogens is 1. The predicted octanol–water partition coefficient (Wildman–Crippen LogP) is 3.26. The lowest BCUT2D eigenvalue weighted by atomic mass is 10.1. The maximum absolute atomic E-state index is 4.35. The summed E-state index contributed by atoms with van der Waals surface area (Å²) >= 11 is 3.49. The second-order valence-electron chi connectivity index (χ2n) is 3.47. The minimum Gasteiger partial charge on any atom is -0.371 e. The molecule has 3 nitrogen and oxygen atoms in total. The highest BCUT2D eigenvalue weighted by Gasteiger charge is 2.07. The zero-order chi connectivity index (χ0) is 11.5. The van der Waals surface area contributed by atoms with Crippen molar-refractivity contribution in [3.8, 4) is 11.3 Å². The number of anilines is 1. The van der Waals surface area contributed by atoms with Crippen molar-refractivity contribution in [1.82, 2.24) is 9.97 Å². The Balaban J connectivity index is 2.54. The molecule has 0 radical (unpaired) electrons. The second-order valence-corrected chi connectivity index (χ2v) is 4.32. The summed E-state index contributed by atoms with van der Waals surface area (Å²) in [4.78, 5) is 8.59. The molecular weight excluding hydrogens is 266 g/mol. The number of hydrogen-bond donors (Lipinski definition) is 1. The fraction of sp³-hybridized carbons (Fsp3) is 0.167. The molecule has 1 heterocycles. The summed E-state index contributed by atoms with van der Waals surface area (Å²) in [6.45, 7) is 2.06. The number of benzene rings is 1. The van der Waals surface area contributed by atoms with Crippen LogP contribution >= 0.6 is 15.9 Å². The van der Waals surface area contributed by atoms with E-state index in [9.17, 15) is 0 Å². The molecule has 82 valence electrons. The Labute approximate surface area is 103 Å². The Morgan fingerprint density at radius 1 is 1.19 bits per heavy atom. The van der Waals surface area contributed by atoms with Crippen LogP contribution in [-0.2, 0) is 0 Å². The minimum atomic E-state index is 0.796. The van der Waals surface area contributed by atoms with E-state index in [0.717, 1.165) is 21.5 Å². The molecular formula is C12H12BrN3. The molecule has 0 saturated carbocycles. The van der Waals surface area contributed by atoms with Gasteiger partial charge in [-0.05, 0) is 24.6 Å². The van der Waals surface area contributed by atoms with Crippen LogP contribution in [0.3, 0.4) is 0 Å². The third kappa shape index (κ3) is 2.07. The first-order valence-corrected chi connectivity index (χ1v) is 5.77. The van der Waals surface area contributed by atoms with E-state index >= 15 is 0 Å². The molecule has 0 saturated heterocycles. The zero-order valence-electron chi connectivity index (χ0n) is 9.16. The average Bonchev–Trinajstić information content (AvgIpc) is 2.32. The van der Waals surface area contributed by atoms with Gasteiger partial charge in [-0.2, -0.15) is 0 Å². The molecule has 4 heteroatoms. The molecule has 0 aliphatic heterocycles. The van der Waals surface area contributed by atoms with Crippen LogP contribution in [0.4, 0.5) is 5.82 Å². The molecule has 0 unspecified atom stereocenters. The molecule has 0 amide bonds. The first kappa shape index (κ1) is 11.1. The van der Waals surface area contributed by atoms with Gasteiger partial charge in [0.1, 0.15) is 5.69 Å². The molecule has 0 atom stereocenters. The topological polar surface area (TPSA) is 37.8 Å². The maximum atomic E-state index is 4.35. The van der Waals surface area contributed by atoms with E-state index in [2.05, 4.69) is 44.2 Å². The molecule has 16 heavy (non-hydrogen) atoms. The molecule has 0 spiro atoms. The van der Waals surface area contributed by atoms with Crippen molar-refractivity contribution in [2.45, 2.75) is 6.92 Å². The number of nitrogens with one attached hydrogen (secondary N) is 1. The molecule has 0 bridgehead atoms. The lowest BCUT2D eigenvalue weighted by Crippen LogP contribution is -1.97. The van der Waals surface area contributed by atoms with Crippen LogP contribution in [0.1, 0.15) is 5.56 Å². The van der Waals surface area contributed by atoms with Crippen molar-refractivity contribution < 1.29 is 0 Å². The van der Waals surface area contributed by atoms with Gasteiger partial charge in [-0.1, -0.05) is 22.0 Å². The van der Waals surface area contributed by atoms with Gasteiger partial charge in [0.05, 0.1) is 0 Å². The first-order chi connectivity index (χ1) is 7.72. The van der Waals surface area contributed by atoms with Gasteiger partial charge in [0.25, 0.3) is 0 Å². The van der Waals surface area contributed by atoms with Crippen molar-refractivity contribution in [3.63, 3.8) is 0 Å². The van der Waals surface area contributed by atoms with Gasteiger partial charge in [-0.15, -0.1) is 0 Å². The molecule has 0 aliphatic carbocycles. The van der Waals surface area contributed by atoms with E-state index in [1.807, 2.05) is 19.2 Å². The van der Waals surface area contributed by atoms with Crippen LogP contribution in [0.5, 0.6) is 0 Å². The first-order valence-electron chi connectivity index (χ1n) is 4.97. The number of aryl methyl sites for hydroxylation is 1. The fourth-order valence-corrected chi connectivity index (χ4v) is 1.77. The van der Waals surface area contributed by atoms with Crippen LogP contribution in [0.25, 0.3) is 11.3 Å². The van der Waals surface area contributed by atoms with Gasteiger partial charge in [0.15, 0.2) is 5.82 Å². The van der Waals surface area contributed by atoms with Crippen LogP contribution < -0.4 is 5.32 Å². The fourth-order valence-electron chi connectivity index (χ4n) is 1.52. The van der Waals surface area contributed by atoms with E-state index in [1.165, 1.54) is 5.56 Å². The summed E-state index contributed by atoms with van der Waals surface area (Å²) in [5, 5.41) is 3.04. The monoisotopic (exact) mass is 277 g/mol. The number of nitrogens with zero attached hydrogens (tertiary/aromatic N) is 2. The standard InChI is InChI=1S/C12H12BrN3/c1-8-7-9(3-4-10(8)13)11-12(14-2)16-6-5-15-11/h3-7H,1-2H3,(H,14,16). The summed E-state index contributed by atoms with van der Waals surface area (Å²) in [6, 6.07) is 6.15. The number of hydrogen-bond acceptors (Lipinski definition) is 3. The Morgan fingerprint density at radius 3 is 2.62 bits per heavy atom. The predicted molar refractivity (Wildman–Crippen MR) is 69.5 cm³/mol. The molecule has 2 aromatic rings. The molecule has 1 aromatic carbocycles. The lowest BCUT2D eigenvalue weighted by Gasteiger charge is -2.07. The smallest absolute Gasteiger partial charge is 0.152 e. The van der Waals surface area contributed by atoms with E-state index in [4.69, 9.17) is 0 Å². The third-order valence-corrected chi connectivity index (χ3v) is 3.26. The maximum Gasteiger partial charge on any atom is 0.152 e. The largest absolute Gasteiger partial charge is 0.371 e. The van der Waals surface area contributed by atoms with Crippen molar-refractivity contribution in [1.29, 1.82) is 0 Å². The van der Waals surface area contributed by atoms with Crippen molar-refractivity contribution in [3.05, 3.63) is 40.6 Å². The van der Waals surface area contributed by atoms with Crippen molar-refractivity contribution >= 4 is 21.7 Å². The summed E-state index contributed by atoms with van der Waals surface area (Å²) in [5.74, 6) is 0.796. The van der Waals surface area contributed by atoms with Gasteiger partial charge in [0, 0.05) is 29.5 Å². The van der Waals surface area contributed by atoms with E-state index in [0.29, 0.717) is 0 Å². The highest BCUT2D eigenvalue weighted by atomic mass is 79.9. The average molecular weight is 278 g/mol. The highest BCUT2D eigenvalue weighted by Crippen LogP contribution is 2.27. The number of rotatable bonds is 2. The molecule has 2 rings (SSSR count). The summed E-state index contributed by atoms with van der Waals surface area (Å²) in [5.41, 5.74) is 3.13. The van der Waals surface area contributed by atoms with Gasteiger partial charge in [-0.25, -0.2) is 4.98 Å². The Bertz CT molecular complexity index is 511. The van der Waals surface area contributed by atoms with Crippen LogP contribution in [0, 0.1) is 6.92 Å². The van der Waals surface area contributed by atoms with Crippen molar-refractivity contribution in [2.24, 2.45) is 0 Å². The molecule has 1 aromatic heterocycles. The van der Waals surface area contributed by atoms with Gasteiger partial charge in [0.2, 0.25) is 0 Å². The normalized spacial score (nSPS) is 10.2. The quantitative estimate of drug-likeness (QED) is 0.916. The Morgan fingerprint density at radius 2 is 1.94 bits per heavy atom. The lowest BCUT2D eigenvalue weighted by molar-refractivity contribution is 1.19. The highest BCUT2D eigenvalue weighted by molar-refractivity contribution is 9.10. The van der Waals surface area contributed by atoms with E-state index < -0.39 is 0 Å². The third-order valence-electron chi connectivity index (χ3n) is 2.37. The molecule has 0 aliphatic rings. The number of aromatic nitrogens is 2. The zero-order valence-corrected chi connectivity index (χ0v) is 10.7. The molecule has 1 N–H and O–H groups in total. The van der Waals surface area contributed by atoms with E-state index in [-0.39, 0.29) is 0 Å². The SMILES string of the molecule is CNc1nccnc1-c1ccc(Br)c(C)c1. The van der Waals surface area contributed by atoms with Crippen LogP contribution in [-0.4, -0.2) is 17.0 Å². The van der Waals surface area contributed by atoms with Gasteiger partial charge in [-0.3, -0.25) is 4.98 Å². The van der Waals surface area contributed by atoms with Gasteiger partial charge >= 0.3 is 0 Å². The van der Waals surface area contributed by atoms with Crippen LogP contribution in [0.2, 0.25) is 0 Å². The minimum absolute atomic E-state index is 0.796. The van der Waals surface area contributed by atoms with Gasteiger partial charge < -0.3 is 5.32 Å². The van der Waals surface area contributed by atoms with E-state index in [1.54, 1.807) is 12.4 Å². The Hall–Kier alpha value is -1.42. The second kappa shape index (κ2) is 4.61. The summed E-state index contributed by atoms with van der Waals surface area (Å²) < 4.78 is 1.10. The van der Waals surface area contributed by atoms with Crippen molar-refractivity contribution in [2.75, 3.05) is 12.4 Å². The summed E-state index contributed by atoms with van der Waals surface area (Å²) in [6.07, 6.45) is 3.38. The molecule has 0 fully saturated rings. The van der Waals surface area contributed by atoms with Crippen LogP contribution in [0.15, 0.2) is 35.1 Å². The Kier molecular flexibility index (Phi) is 3.19.